The molecular weight excluding hydrogens is 416 g/mol. The van der Waals surface area contributed by atoms with Crippen LogP contribution in [0.2, 0.25) is 0 Å². The van der Waals surface area contributed by atoms with Crippen molar-refractivity contribution in [1.29, 1.82) is 0 Å². The van der Waals surface area contributed by atoms with Gasteiger partial charge in [-0.25, -0.2) is 8.42 Å². The number of sulfonamides is 1. The molecule has 0 spiro atoms. The molecule has 0 atom stereocenters. The summed E-state index contributed by atoms with van der Waals surface area (Å²) >= 11 is 0. The van der Waals surface area contributed by atoms with Crippen LogP contribution in [0.5, 0.6) is 0 Å². The summed E-state index contributed by atoms with van der Waals surface area (Å²) in [4.78, 5) is 10.4. The van der Waals surface area contributed by atoms with Crippen molar-refractivity contribution in [2.45, 2.75) is 25.7 Å². The van der Waals surface area contributed by atoms with E-state index in [0.29, 0.717) is 5.71 Å². The largest absolute Gasteiger partial charge is 0.277 e. The number of nitrogens with zero attached hydrogens (tertiary/aromatic N) is 3. The molecule has 0 aliphatic rings. The number of nitro groups is 1. The monoisotopic (exact) mass is 440 g/mol. The van der Waals surface area contributed by atoms with Gasteiger partial charge in [-0.1, -0.05) is 50.2 Å². The van der Waals surface area contributed by atoms with Crippen LogP contribution >= 0.6 is 0 Å². The molecule has 3 rings (SSSR count). The van der Waals surface area contributed by atoms with Gasteiger partial charge in [-0.3, -0.25) is 15.5 Å². The highest BCUT2D eigenvalue weighted by atomic mass is 32.2. The number of benzene rings is 3. The Balaban J connectivity index is 2.00. The zero-order valence-electron chi connectivity index (χ0n) is 17.6. The van der Waals surface area contributed by atoms with Gasteiger partial charge in [-0.15, -0.1) is 0 Å². The Labute approximate surface area is 181 Å². The van der Waals surface area contributed by atoms with E-state index in [2.05, 4.69) is 10.5 Å². The summed E-state index contributed by atoms with van der Waals surface area (Å²) in [7, 11) is -3.93. The fourth-order valence-corrected chi connectivity index (χ4v) is 4.88. The Morgan fingerprint density at radius 1 is 1.03 bits per heavy atom. The minimum atomic E-state index is -3.93. The van der Waals surface area contributed by atoms with Crippen molar-refractivity contribution in [3.05, 3.63) is 76.3 Å². The van der Waals surface area contributed by atoms with E-state index in [1.54, 1.807) is 20.8 Å². The first-order valence-corrected chi connectivity index (χ1v) is 11.3. The second-order valence-electron chi connectivity index (χ2n) is 6.90. The highest BCUT2D eigenvalue weighted by molar-refractivity contribution is 7.89. The third-order valence-corrected chi connectivity index (χ3v) is 7.10. The average Bonchev–Trinajstić information content (AvgIpc) is 2.77. The first-order valence-electron chi connectivity index (χ1n) is 9.86. The Bertz CT molecular complexity index is 1250. The molecule has 0 aliphatic heterocycles. The lowest BCUT2D eigenvalue weighted by atomic mass is 10.0. The van der Waals surface area contributed by atoms with Gasteiger partial charge in [-0.05, 0) is 35.4 Å². The Morgan fingerprint density at radius 3 is 2.35 bits per heavy atom. The number of fused-ring (bicyclic) bond motifs is 1. The molecule has 8 nitrogen and oxygen atoms in total. The van der Waals surface area contributed by atoms with Crippen molar-refractivity contribution in [2.75, 3.05) is 18.5 Å². The summed E-state index contributed by atoms with van der Waals surface area (Å²) in [6.07, 6.45) is 0. The maximum Gasteiger partial charge on any atom is 0.270 e. The molecule has 162 valence electrons. The number of non-ortho nitro benzene ring substituents is 1. The van der Waals surface area contributed by atoms with E-state index in [0.717, 1.165) is 22.4 Å². The maximum absolute atomic E-state index is 13.1. The Morgan fingerprint density at radius 2 is 1.71 bits per heavy atom. The van der Waals surface area contributed by atoms with Gasteiger partial charge in [0.25, 0.3) is 5.69 Å². The van der Waals surface area contributed by atoms with Crippen molar-refractivity contribution >= 4 is 37.9 Å². The molecule has 0 saturated heterocycles. The lowest BCUT2D eigenvalue weighted by Gasteiger charge is -2.20. The minimum absolute atomic E-state index is 0.178. The van der Waals surface area contributed by atoms with Crippen molar-refractivity contribution in [2.24, 2.45) is 5.10 Å². The topological polar surface area (TPSA) is 105 Å². The van der Waals surface area contributed by atoms with Crippen LogP contribution in [0.25, 0.3) is 10.8 Å². The average molecular weight is 441 g/mol. The first kappa shape index (κ1) is 22.4. The van der Waals surface area contributed by atoms with Gasteiger partial charge < -0.3 is 0 Å². The second kappa shape index (κ2) is 9.23. The third kappa shape index (κ3) is 4.73. The van der Waals surface area contributed by atoms with E-state index in [4.69, 9.17) is 0 Å². The van der Waals surface area contributed by atoms with E-state index in [-0.39, 0.29) is 29.4 Å². The zero-order chi connectivity index (χ0) is 22.6. The normalized spacial score (nSPS) is 12.3. The molecule has 0 amide bonds. The van der Waals surface area contributed by atoms with Crippen LogP contribution in [0, 0.1) is 10.1 Å². The predicted molar refractivity (Wildman–Crippen MR) is 123 cm³/mol. The Kier molecular flexibility index (Phi) is 6.67. The number of nitrogens with one attached hydrogen (secondary N) is 1. The van der Waals surface area contributed by atoms with Gasteiger partial charge in [0.1, 0.15) is 4.90 Å². The third-order valence-electron chi connectivity index (χ3n) is 5.01. The highest BCUT2D eigenvalue weighted by Gasteiger charge is 2.27. The molecule has 0 bridgehead atoms. The van der Waals surface area contributed by atoms with Gasteiger partial charge in [0.2, 0.25) is 10.0 Å². The van der Waals surface area contributed by atoms with Crippen LogP contribution in [0.3, 0.4) is 0 Å². The molecule has 1 N–H and O–H groups in total. The number of hydrogen-bond acceptors (Lipinski definition) is 6. The zero-order valence-corrected chi connectivity index (χ0v) is 18.4. The van der Waals surface area contributed by atoms with Crippen LogP contribution < -0.4 is 5.43 Å². The lowest BCUT2D eigenvalue weighted by Crippen LogP contribution is -2.31. The van der Waals surface area contributed by atoms with E-state index in [9.17, 15) is 18.5 Å². The summed E-state index contributed by atoms with van der Waals surface area (Å²) in [6, 6.07) is 17.6. The highest BCUT2D eigenvalue weighted by Crippen LogP contribution is 2.29. The summed E-state index contributed by atoms with van der Waals surface area (Å²) < 4.78 is 27.4. The number of rotatable bonds is 8. The number of hydrogen-bond donors (Lipinski definition) is 1. The van der Waals surface area contributed by atoms with Crippen LogP contribution in [0.15, 0.2) is 70.7 Å². The molecule has 3 aromatic carbocycles. The van der Waals surface area contributed by atoms with E-state index in [1.165, 1.54) is 16.4 Å². The molecule has 0 fully saturated rings. The maximum atomic E-state index is 13.1. The fraction of sp³-hybridized carbons (Fsp3) is 0.227. The quantitative estimate of drug-likeness (QED) is 0.313. The van der Waals surface area contributed by atoms with Gasteiger partial charge in [0.15, 0.2) is 0 Å². The molecule has 9 heteroatoms. The van der Waals surface area contributed by atoms with Gasteiger partial charge >= 0.3 is 0 Å². The van der Waals surface area contributed by atoms with Crippen molar-refractivity contribution < 1.29 is 13.3 Å². The SMILES string of the molecule is CCN(CC)S(=O)(=O)c1cc([N+](=O)[O-])ccc1NN=C(C)c1ccc2ccccc2c1. The van der Waals surface area contributed by atoms with E-state index < -0.39 is 14.9 Å². The van der Waals surface area contributed by atoms with Crippen molar-refractivity contribution in [3.63, 3.8) is 0 Å². The van der Waals surface area contributed by atoms with Gasteiger partial charge in [-0.2, -0.15) is 9.41 Å². The standard InChI is InChI=1S/C22H24N4O4S/c1-4-25(5-2)31(29,30)22-15-20(26(27)28)12-13-21(22)24-23-16(3)18-11-10-17-8-6-7-9-19(17)14-18/h6-15,24H,4-5H2,1-3H3. The lowest BCUT2D eigenvalue weighted by molar-refractivity contribution is -0.385. The van der Waals surface area contributed by atoms with Crippen LogP contribution in [-0.4, -0.2) is 36.4 Å². The van der Waals surface area contributed by atoms with Crippen LogP contribution in [-0.2, 0) is 10.0 Å². The van der Waals surface area contributed by atoms with Crippen LogP contribution in [0.1, 0.15) is 26.3 Å². The van der Waals surface area contributed by atoms with Crippen molar-refractivity contribution in [3.8, 4) is 0 Å². The summed E-state index contributed by atoms with van der Waals surface area (Å²) in [6.45, 7) is 5.74. The van der Waals surface area contributed by atoms with Crippen LogP contribution in [0.4, 0.5) is 11.4 Å². The second-order valence-corrected chi connectivity index (χ2v) is 8.80. The molecule has 0 heterocycles. The summed E-state index contributed by atoms with van der Waals surface area (Å²) in [5, 5.41) is 17.7. The molecule has 0 unspecified atom stereocenters. The smallest absolute Gasteiger partial charge is 0.270 e. The predicted octanol–water partition coefficient (Wildman–Crippen LogP) is 4.61. The van der Waals surface area contributed by atoms with Crippen molar-refractivity contribution in [1.82, 2.24) is 4.31 Å². The molecule has 0 radical (unpaired) electrons. The molecule has 31 heavy (non-hydrogen) atoms. The van der Waals surface area contributed by atoms with Gasteiger partial charge in [0, 0.05) is 25.2 Å². The summed E-state index contributed by atoms with van der Waals surface area (Å²) in [5.74, 6) is 0. The van der Waals surface area contributed by atoms with E-state index >= 15 is 0 Å². The molecule has 3 aromatic rings. The minimum Gasteiger partial charge on any atom is -0.277 e. The molecule has 0 saturated carbocycles. The molecule has 0 aromatic heterocycles. The number of hydrazone groups is 1. The fourth-order valence-electron chi connectivity index (χ4n) is 3.26. The summed E-state index contributed by atoms with van der Waals surface area (Å²) in [5.41, 5.74) is 4.20. The molecule has 0 aliphatic carbocycles. The number of nitro benzene ring substituents is 1. The molecular formula is C22H24N4O4S. The van der Waals surface area contributed by atoms with Gasteiger partial charge in [0.05, 0.1) is 16.3 Å². The number of anilines is 1. The first-order chi connectivity index (χ1) is 14.8. The van der Waals surface area contributed by atoms with E-state index in [1.807, 2.05) is 42.5 Å². The Hall–Kier alpha value is -3.30.